The van der Waals surface area contributed by atoms with E-state index in [1.807, 2.05) is 26.0 Å². The molecule has 1 fully saturated rings. The van der Waals surface area contributed by atoms with Crippen LogP contribution in [0.4, 0.5) is 4.39 Å². The fourth-order valence-corrected chi connectivity index (χ4v) is 5.22. The van der Waals surface area contributed by atoms with Gasteiger partial charge in [0.25, 0.3) is 5.91 Å². The molecule has 5 nitrogen and oxygen atoms in total. The van der Waals surface area contributed by atoms with Gasteiger partial charge in [-0.15, -0.1) is 0 Å². The zero-order chi connectivity index (χ0) is 21.2. The smallest absolute Gasteiger partial charge is 0.263 e. The van der Waals surface area contributed by atoms with Crippen LogP contribution in [0.3, 0.4) is 0 Å². The minimum absolute atomic E-state index is 0.00627. The number of carbonyl (C=O) groups excluding carboxylic acids is 1. The standard InChI is InChI=1S/C22H26FNO4S/c1-15-8-9-20(12-16(15)2)28-17(3)22(25)24(19-10-11-29(26,27)14-19)13-18-6-4-5-7-21(18)23/h4-9,12,17,19H,10-11,13-14H2,1-3H3/t17-,19+/m1/s1. The average molecular weight is 420 g/mol. The number of carbonyl (C=O) groups is 1. The van der Waals surface area contributed by atoms with Gasteiger partial charge in [0.1, 0.15) is 11.6 Å². The minimum atomic E-state index is -3.20. The van der Waals surface area contributed by atoms with Crippen LogP contribution in [0.5, 0.6) is 5.75 Å². The highest BCUT2D eigenvalue weighted by atomic mass is 32.2. The number of sulfone groups is 1. The maximum absolute atomic E-state index is 14.2. The average Bonchev–Trinajstić information content (AvgIpc) is 3.03. The summed E-state index contributed by atoms with van der Waals surface area (Å²) in [4.78, 5) is 14.6. The van der Waals surface area contributed by atoms with Gasteiger partial charge in [0.05, 0.1) is 11.5 Å². The fourth-order valence-electron chi connectivity index (χ4n) is 3.49. The fraction of sp³-hybridized carbons (Fsp3) is 0.409. The maximum atomic E-state index is 14.2. The van der Waals surface area contributed by atoms with Crippen LogP contribution in [0.15, 0.2) is 42.5 Å². The molecule has 0 unspecified atom stereocenters. The molecule has 1 amide bonds. The van der Waals surface area contributed by atoms with Gasteiger partial charge in [0.2, 0.25) is 0 Å². The lowest BCUT2D eigenvalue weighted by Crippen LogP contribution is -2.46. The molecule has 1 aliphatic heterocycles. The Morgan fingerprint density at radius 3 is 2.55 bits per heavy atom. The van der Waals surface area contributed by atoms with E-state index in [9.17, 15) is 17.6 Å². The lowest BCUT2D eigenvalue weighted by molar-refractivity contribution is -0.140. The van der Waals surface area contributed by atoms with Crippen molar-refractivity contribution >= 4 is 15.7 Å². The van der Waals surface area contributed by atoms with Crippen molar-refractivity contribution in [2.45, 2.75) is 45.9 Å². The summed E-state index contributed by atoms with van der Waals surface area (Å²) < 4.78 is 44.0. The van der Waals surface area contributed by atoms with Crippen LogP contribution in [0, 0.1) is 19.7 Å². The summed E-state index contributed by atoms with van der Waals surface area (Å²) in [6.07, 6.45) is -0.481. The highest BCUT2D eigenvalue weighted by molar-refractivity contribution is 7.91. The third kappa shape index (κ3) is 5.15. The van der Waals surface area contributed by atoms with Crippen LogP contribution in [-0.2, 0) is 21.2 Å². The van der Waals surface area contributed by atoms with E-state index >= 15 is 0 Å². The molecule has 0 spiro atoms. The number of rotatable bonds is 6. The van der Waals surface area contributed by atoms with Gasteiger partial charge >= 0.3 is 0 Å². The summed E-state index contributed by atoms with van der Waals surface area (Å²) in [6, 6.07) is 11.3. The molecular formula is C22H26FNO4S. The molecule has 0 aromatic heterocycles. The first-order valence-electron chi connectivity index (χ1n) is 9.64. The van der Waals surface area contributed by atoms with E-state index in [1.54, 1.807) is 31.2 Å². The minimum Gasteiger partial charge on any atom is -0.481 e. The molecule has 0 radical (unpaired) electrons. The molecule has 0 N–H and O–H groups in total. The molecule has 29 heavy (non-hydrogen) atoms. The van der Waals surface area contributed by atoms with Crippen LogP contribution in [0.1, 0.15) is 30.0 Å². The van der Waals surface area contributed by atoms with E-state index in [0.717, 1.165) is 11.1 Å². The number of amides is 1. The van der Waals surface area contributed by atoms with Crippen molar-refractivity contribution in [3.05, 3.63) is 65.0 Å². The van der Waals surface area contributed by atoms with E-state index in [2.05, 4.69) is 0 Å². The van der Waals surface area contributed by atoms with Crippen molar-refractivity contribution in [3.63, 3.8) is 0 Å². The Labute approximate surface area is 171 Å². The molecule has 2 aromatic carbocycles. The number of hydrogen-bond donors (Lipinski definition) is 0. The SMILES string of the molecule is Cc1ccc(O[C@H](C)C(=O)N(Cc2ccccc2F)[C@H]2CCS(=O)(=O)C2)cc1C. The summed E-state index contributed by atoms with van der Waals surface area (Å²) in [5.41, 5.74) is 2.52. The lowest BCUT2D eigenvalue weighted by atomic mass is 10.1. The number of aryl methyl sites for hydroxylation is 2. The zero-order valence-corrected chi connectivity index (χ0v) is 17.7. The van der Waals surface area contributed by atoms with Gasteiger partial charge in [-0.25, -0.2) is 12.8 Å². The second-order valence-electron chi connectivity index (χ2n) is 7.62. The number of hydrogen-bond acceptors (Lipinski definition) is 4. The Kier molecular flexibility index (Phi) is 6.27. The summed E-state index contributed by atoms with van der Waals surface area (Å²) in [6.45, 7) is 5.59. The summed E-state index contributed by atoms with van der Waals surface area (Å²) >= 11 is 0. The van der Waals surface area contributed by atoms with Crippen molar-refractivity contribution in [2.75, 3.05) is 11.5 Å². The molecular weight excluding hydrogens is 393 g/mol. The quantitative estimate of drug-likeness (QED) is 0.720. The van der Waals surface area contributed by atoms with Crippen LogP contribution < -0.4 is 4.74 Å². The molecule has 3 rings (SSSR count). The maximum Gasteiger partial charge on any atom is 0.263 e. The van der Waals surface area contributed by atoms with E-state index in [-0.39, 0.29) is 24.0 Å². The normalized spacial score (nSPS) is 19.0. The molecule has 0 aliphatic carbocycles. The number of benzene rings is 2. The first-order valence-corrected chi connectivity index (χ1v) is 11.5. The lowest BCUT2D eigenvalue weighted by Gasteiger charge is -2.31. The van der Waals surface area contributed by atoms with Gasteiger partial charge in [-0.2, -0.15) is 0 Å². The van der Waals surface area contributed by atoms with E-state index < -0.39 is 27.8 Å². The van der Waals surface area contributed by atoms with Gasteiger partial charge in [-0.3, -0.25) is 4.79 Å². The molecule has 7 heteroatoms. The number of ether oxygens (including phenoxy) is 1. The van der Waals surface area contributed by atoms with Gasteiger partial charge in [0.15, 0.2) is 15.9 Å². The number of halogens is 1. The van der Waals surface area contributed by atoms with E-state index in [0.29, 0.717) is 17.7 Å². The molecule has 2 atom stereocenters. The Morgan fingerprint density at radius 2 is 1.93 bits per heavy atom. The Morgan fingerprint density at radius 1 is 1.21 bits per heavy atom. The van der Waals surface area contributed by atoms with E-state index in [1.165, 1.54) is 11.0 Å². The highest BCUT2D eigenvalue weighted by Gasteiger charge is 2.37. The Balaban J connectivity index is 1.82. The van der Waals surface area contributed by atoms with Gasteiger partial charge in [0, 0.05) is 18.2 Å². The summed E-state index contributed by atoms with van der Waals surface area (Å²) in [5.74, 6) is -0.282. The van der Waals surface area contributed by atoms with Gasteiger partial charge < -0.3 is 9.64 Å². The van der Waals surface area contributed by atoms with Crippen molar-refractivity contribution in [3.8, 4) is 5.75 Å². The van der Waals surface area contributed by atoms with Crippen molar-refractivity contribution < 1.29 is 22.3 Å². The van der Waals surface area contributed by atoms with Gasteiger partial charge in [-0.1, -0.05) is 24.3 Å². The summed E-state index contributed by atoms with van der Waals surface area (Å²) in [7, 11) is -3.20. The molecule has 0 saturated carbocycles. The molecule has 1 heterocycles. The molecule has 0 bridgehead atoms. The molecule has 1 saturated heterocycles. The Bertz CT molecular complexity index is 1010. The molecule has 156 valence electrons. The topological polar surface area (TPSA) is 63.7 Å². The third-order valence-corrected chi connectivity index (χ3v) is 7.12. The van der Waals surface area contributed by atoms with Crippen LogP contribution in [0.2, 0.25) is 0 Å². The Hall–Kier alpha value is -2.41. The third-order valence-electron chi connectivity index (χ3n) is 5.37. The van der Waals surface area contributed by atoms with Crippen molar-refractivity contribution in [1.82, 2.24) is 4.90 Å². The van der Waals surface area contributed by atoms with Crippen molar-refractivity contribution in [1.29, 1.82) is 0 Å². The first kappa shape index (κ1) is 21.3. The van der Waals surface area contributed by atoms with Crippen LogP contribution in [-0.4, -0.2) is 42.9 Å². The van der Waals surface area contributed by atoms with E-state index in [4.69, 9.17) is 4.74 Å². The second-order valence-corrected chi connectivity index (χ2v) is 9.85. The summed E-state index contributed by atoms with van der Waals surface area (Å²) in [5, 5.41) is 0. The van der Waals surface area contributed by atoms with Gasteiger partial charge in [-0.05, 0) is 56.5 Å². The largest absolute Gasteiger partial charge is 0.481 e. The molecule has 2 aromatic rings. The van der Waals surface area contributed by atoms with Crippen LogP contribution >= 0.6 is 0 Å². The highest BCUT2D eigenvalue weighted by Crippen LogP contribution is 2.24. The zero-order valence-electron chi connectivity index (χ0n) is 16.9. The molecule has 1 aliphatic rings. The van der Waals surface area contributed by atoms with Crippen LogP contribution in [0.25, 0.3) is 0 Å². The van der Waals surface area contributed by atoms with Crippen molar-refractivity contribution in [2.24, 2.45) is 0 Å². The second kappa shape index (κ2) is 8.53. The monoisotopic (exact) mass is 419 g/mol. The predicted molar refractivity (Wildman–Crippen MR) is 110 cm³/mol. The first-order chi connectivity index (χ1) is 13.7. The number of nitrogens with zero attached hydrogens (tertiary/aromatic N) is 1. The predicted octanol–water partition coefficient (Wildman–Crippen LogP) is 3.43.